The van der Waals surface area contributed by atoms with E-state index in [1.807, 2.05) is 11.5 Å². The molecule has 0 aliphatic heterocycles. The van der Waals surface area contributed by atoms with E-state index in [0.717, 1.165) is 5.56 Å². The summed E-state index contributed by atoms with van der Waals surface area (Å²) in [6, 6.07) is 12.7. The van der Waals surface area contributed by atoms with E-state index < -0.39 is 0 Å². The average Bonchev–Trinajstić information content (AvgIpc) is 3.11. The largest absolute Gasteiger partial charge is 0.342 e. The zero-order valence-corrected chi connectivity index (χ0v) is 17.4. The van der Waals surface area contributed by atoms with Crippen LogP contribution in [0, 0.1) is 5.82 Å². The Labute approximate surface area is 178 Å². The molecular weight excluding hydrogens is 411 g/mol. The second-order valence-corrected chi connectivity index (χ2v) is 7.74. The summed E-state index contributed by atoms with van der Waals surface area (Å²) in [6.07, 6.45) is 1.75. The first-order chi connectivity index (χ1) is 14.0. The van der Waals surface area contributed by atoms with Crippen molar-refractivity contribution in [2.75, 3.05) is 0 Å². The number of hydrogen-bond acceptors (Lipinski definition) is 4. The first kappa shape index (κ1) is 21.1. The lowest BCUT2D eigenvalue weighted by Gasteiger charge is -2.15. The molecule has 0 saturated carbocycles. The summed E-state index contributed by atoms with van der Waals surface area (Å²) in [5.74, 6) is 0.777. The molecule has 0 aliphatic rings. The lowest BCUT2D eigenvalue weighted by molar-refractivity contribution is 0.0937. The van der Waals surface area contributed by atoms with Gasteiger partial charge in [-0.15, -0.1) is 16.8 Å². The van der Waals surface area contributed by atoms with Crippen LogP contribution in [0.3, 0.4) is 0 Å². The molecule has 1 amide bonds. The Hall–Kier alpha value is -2.64. The fraction of sp³-hybridized carbons (Fsp3) is 0.190. The molecule has 8 heteroatoms. The number of carbonyl (C=O) groups excluding carboxylic acids is 1. The van der Waals surface area contributed by atoms with E-state index in [-0.39, 0.29) is 17.8 Å². The summed E-state index contributed by atoms with van der Waals surface area (Å²) in [5.41, 5.74) is 1.50. The van der Waals surface area contributed by atoms with Crippen LogP contribution < -0.4 is 5.32 Å². The first-order valence-electron chi connectivity index (χ1n) is 8.95. The van der Waals surface area contributed by atoms with Gasteiger partial charge in [0.2, 0.25) is 0 Å². The predicted molar refractivity (Wildman–Crippen MR) is 114 cm³/mol. The second-order valence-electron chi connectivity index (χ2n) is 6.36. The molecule has 150 valence electrons. The summed E-state index contributed by atoms with van der Waals surface area (Å²) < 4.78 is 15.0. The lowest BCUT2D eigenvalue weighted by atomic mass is 10.2. The summed E-state index contributed by atoms with van der Waals surface area (Å²) in [7, 11) is 0. The van der Waals surface area contributed by atoms with Crippen molar-refractivity contribution in [1.82, 2.24) is 20.1 Å². The van der Waals surface area contributed by atoms with Gasteiger partial charge in [-0.05, 0) is 48.9 Å². The standard InChI is InChI=1S/C21H20ClFN4OS/c1-3-12-27-19(14(2)24-20(28)16-6-8-17(22)9-7-16)25-26-21(27)29-13-15-4-10-18(23)11-5-15/h3-11,14H,1,12-13H2,2H3,(H,24,28). The maximum Gasteiger partial charge on any atom is 0.251 e. The van der Waals surface area contributed by atoms with Gasteiger partial charge in [-0.2, -0.15) is 0 Å². The van der Waals surface area contributed by atoms with Crippen molar-refractivity contribution < 1.29 is 9.18 Å². The van der Waals surface area contributed by atoms with Gasteiger partial charge in [-0.3, -0.25) is 4.79 Å². The van der Waals surface area contributed by atoms with Crippen LogP contribution in [0.25, 0.3) is 0 Å². The normalized spacial score (nSPS) is 11.8. The van der Waals surface area contributed by atoms with Crippen molar-refractivity contribution in [2.24, 2.45) is 0 Å². The van der Waals surface area contributed by atoms with Crippen LogP contribution in [0.2, 0.25) is 5.02 Å². The number of rotatable bonds is 8. The van der Waals surface area contributed by atoms with E-state index >= 15 is 0 Å². The molecule has 0 aliphatic carbocycles. The van der Waals surface area contributed by atoms with Gasteiger partial charge in [-0.25, -0.2) is 4.39 Å². The Morgan fingerprint density at radius 3 is 2.59 bits per heavy atom. The Balaban J connectivity index is 1.72. The van der Waals surface area contributed by atoms with Crippen molar-refractivity contribution in [3.63, 3.8) is 0 Å². The molecule has 29 heavy (non-hydrogen) atoms. The van der Waals surface area contributed by atoms with Gasteiger partial charge in [0.25, 0.3) is 5.91 Å². The smallest absolute Gasteiger partial charge is 0.251 e. The average molecular weight is 431 g/mol. The van der Waals surface area contributed by atoms with Gasteiger partial charge in [0, 0.05) is 22.9 Å². The monoisotopic (exact) mass is 430 g/mol. The Morgan fingerprint density at radius 2 is 1.93 bits per heavy atom. The third-order valence-electron chi connectivity index (χ3n) is 4.18. The number of carbonyl (C=O) groups is 1. The van der Waals surface area contributed by atoms with E-state index in [1.54, 1.807) is 42.5 Å². The van der Waals surface area contributed by atoms with Crippen molar-refractivity contribution in [1.29, 1.82) is 0 Å². The fourth-order valence-corrected chi connectivity index (χ4v) is 3.74. The number of nitrogens with one attached hydrogen (secondary N) is 1. The minimum absolute atomic E-state index is 0.220. The zero-order valence-electron chi connectivity index (χ0n) is 15.8. The van der Waals surface area contributed by atoms with Crippen LogP contribution in [0.4, 0.5) is 4.39 Å². The van der Waals surface area contributed by atoms with Crippen LogP contribution in [0.15, 0.2) is 66.3 Å². The third kappa shape index (κ3) is 5.46. The number of benzene rings is 2. The van der Waals surface area contributed by atoms with Gasteiger partial charge >= 0.3 is 0 Å². The van der Waals surface area contributed by atoms with Gasteiger partial charge in [0.15, 0.2) is 11.0 Å². The Morgan fingerprint density at radius 1 is 1.24 bits per heavy atom. The summed E-state index contributed by atoms with van der Waals surface area (Å²) >= 11 is 7.37. The van der Waals surface area contributed by atoms with Gasteiger partial charge in [-0.1, -0.05) is 41.6 Å². The molecule has 1 unspecified atom stereocenters. The molecule has 1 aromatic heterocycles. The van der Waals surface area contributed by atoms with Crippen LogP contribution in [-0.4, -0.2) is 20.7 Å². The van der Waals surface area contributed by atoms with E-state index in [2.05, 4.69) is 22.1 Å². The van der Waals surface area contributed by atoms with Crippen molar-refractivity contribution in [2.45, 2.75) is 30.4 Å². The SMILES string of the molecule is C=CCn1c(SCc2ccc(F)cc2)nnc1C(C)NC(=O)c1ccc(Cl)cc1. The highest BCUT2D eigenvalue weighted by atomic mass is 35.5. The number of aromatic nitrogens is 3. The van der Waals surface area contributed by atoms with E-state index in [0.29, 0.717) is 33.9 Å². The number of allylic oxidation sites excluding steroid dienone is 1. The molecule has 1 N–H and O–H groups in total. The molecule has 0 radical (unpaired) electrons. The number of amides is 1. The molecule has 5 nitrogen and oxygen atoms in total. The van der Waals surface area contributed by atoms with Gasteiger partial charge in [0.05, 0.1) is 6.04 Å². The van der Waals surface area contributed by atoms with E-state index in [1.165, 1.54) is 23.9 Å². The highest BCUT2D eigenvalue weighted by Crippen LogP contribution is 2.24. The van der Waals surface area contributed by atoms with Gasteiger partial charge in [0.1, 0.15) is 5.82 Å². The van der Waals surface area contributed by atoms with Crippen LogP contribution in [0.5, 0.6) is 0 Å². The Bertz CT molecular complexity index is 989. The minimum Gasteiger partial charge on any atom is -0.342 e. The molecule has 1 heterocycles. The zero-order chi connectivity index (χ0) is 20.8. The number of nitrogens with zero attached hydrogens (tertiary/aromatic N) is 3. The second kappa shape index (κ2) is 9.71. The molecule has 2 aromatic carbocycles. The fourth-order valence-electron chi connectivity index (χ4n) is 2.70. The van der Waals surface area contributed by atoms with Gasteiger partial charge < -0.3 is 9.88 Å². The number of thioether (sulfide) groups is 1. The van der Waals surface area contributed by atoms with E-state index in [9.17, 15) is 9.18 Å². The molecule has 0 saturated heterocycles. The molecule has 0 spiro atoms. The lowest BCUT2D eigenvalue weighted by Crippen LogP contribution is -2.28. The molecular formula is C21H20ClFN4OS. The van der Waals surface area contributed by atoms with Crippen LogP contribution in [-0.2, 0) is 12.3 Å². The molecule has 0 bridgehead atoms. The first-order valence-corrected chi connectivity index (χ1v) is 10.3. The Kier molecular flexibility index (Phi) is 7.06. The van der Waals surface area contributed by atoms with Crippen LogP contribution in [0.1, 0.15) is 34.7 Å². The van der Waals surface area contributed by atoms with E-state index in [4.69, 9.17) is 11.6 Å². The molecule has 3 rings (SSSR count). The predicted octanol–water partition coefficient (Wildman–Crippen LogP) is 5.04. The highest BCUT2D eigenvalue weighted by Gasteiger charge is 2.20. The topological polar surface area (TPSA) is 59.8 Å². The molecule has 3 aromatic rings. The maximum atomic E-state index is 13.1. The minimum atomic E-state index is -0.356. The van der Waals surface area contributed by atoms with Crippen molar-refractivity contribution in [3.8, 4) is 0 Å². The maximum absolute atomic E-state index is 13.1. The number of halogens is 2. The molecule has 1 atom stereocenters. The number of hydrogen-bond donors (Lipinski definition) is 1. The summed E-state index contributed by atoms with van der Waals surface area (Å²) in [6.45, 7) is 6.16. The van der Waals surface area contributed by atoms with Crippen LogP contribution >= 0.6 is 23.4 Å². The van der Waals surface area contributed by atoms with Crippen molar-refractivity contribution >= 4 is 29.3 Å². The highest BCUT2D eigenvalue weighted by molar-refractivity contribution is 7.98. The van der Waals surface area contributed by atoms with Crippen molar-refractivity contribution in [3.05, 3.63) is 89.0 Å². The quantitative estimate of drug-likeness (QED) is 0.401. The molecule has 0 fully saturated rings. The summed E-state index contributed by atoms with van der Waals surface area (Å²) in [5, 5.41) is 12.7. The summed E-state index contributed by atoms with van der Waals surface area (Å²) in [4.78, 5) is 12.5. The third-order valence-corrected chi connectivity index (χ3v) is 5.47.